The van der Waals surface area contributed by atoms with Crippen molar-refractivity contribution in [2.45, 2.75) is 44.0 Å². The predicted octanol–water partition coefficient (Wildman–Crippen LogP) is 3.31. The SMILES string of the molecule is O=C(O)CC(NC1CC(NC(=O)OCc2ccccc2)C1)c1cccs1. The molecule has 0 radical (unpaired) electrons. The Morgan fingerprint density at radius 3 is 2.58 bits per heavy atom. The minimum atomic E-state index is -0.825. The van der Waals surface area contributed by atoms with Gasteiger partial charge in [0.1, 0.15) is 6.61 Å². The number of ether oxygens (including phenoxy) is 1. The minimum absolute atomic E-state index is 0.0498. The zero-order chi connectivity index (χ0) is 18.4. The van der Waals surface area contributed by atoms with Crippen LogP contribution < -0.4 is 10.6 Å². The molecule has 2 aromatic rings. The summed E-state index contributed by atoms with van der Waals surface area (Å²) in [5.41, 5.74) is 0.947. The van der Waals surface area contributed by atoms with Gasteiger partial charge in [-0.05, 0) is 29.9 Å². The monoisotopic (exact) mass is 374 g/mol. The molecule has 6 nitrogen and oxygen atoms in total. The van der Waals surface area contributed by atoms with Crippen LogP contribution in [0.15, 0.2) is 47.8 Å². The molecule has 1 aromatic carbocycles. The van der Waals surface area contributed by atoms with E-state index in [0.717, 1.165) is 23.3 Å². The summed E-state index contributed by atoms with van der Waals surface area (Å²) in [6.07, 6.45) is 1.16. The predicted molar refractivity (Wildman–Crippen MR) is 99.0 cm³/mol. The van der Waals surface area contributed by atoms with Gasteiger partial charge in [0.15, 0.2) is 0 Å². The molecule has 138 valence electrons. The molecule has 0 bridgehead atoms. The average Bonchev–Trinajstić information content (AvgIpc) is 3.12. The van der Waals surface area contributed by atoms with Crippen molar-refractivity contribution in [2.24, 2.45) is 0 Å². The number of hydrogen-bond donors (Lipinski definition) is 3. The molecule has 7 heteroatoms. The number of rotatable bonds is 8. The first-order chi connectivity index (χ1) is 12.6. The molecule has 1 aromatic heterocycles. The first kappa shape index (κ1) is 18.4. The van der Waals surface area contributed by atoms with Crippen LogP contribution >= 0.6 is 11.3 Å². The number of nitrogens with one attached hydrogen (secondary N) is 2. The van der Waals surface area contributed by atoms with Gasteiger partial charge in [0, 0.05) is 17.0 Å². The van der Waals surface area contributed by atoms with Crippen LogP contribution in [-0.4, -0.2) is 29.3 Å². The van der Waals surface area contributed by atoms with Crippen LogP contribution in [0.1, 0.15) is 35.7 Å². The molecule has 1 atom stereocenters. The third-order valence-electron chi connectivity index (χ3n) is 4.38. The van der Waals surface area contributed by atoms with E-state index in [4.69, 9.17) is 9.84 Å². The molecule has 1 unspecified atom stereocenters. The van der Waals surface area contributed by atoms with E-state index < -0.39 is 12.1 Å². The average molecular weight is 374 g/mol. The fraction of sp³-hybridized carbons (Fsp3) is 0.368. The summed E-state index contributed by atoms with van der Waals surface area (Å²) < 4.78 is 5.22. The number of hydrogen-bond acceptors (Lipinski definition) is 5. The Bertz CT molecular complexity index is 714. The van der Waals surface area contributed by atoms with Gasteiger partial charge in [-0.1, -0.05) is 36.4 Å². The Kier molecular flexibility index (Phi) is 6.25. The number of amides is 1. The summed E-state index contributed by atoms with van der Waals surface area (Å²) in [6, 6.07) is 13.5. The number of carboxylic acids is 1. The van der Waals surface area contributed by atoms with Crippen LogP contribution in [0, 0.1) is 0 Å². The third kappa shape index (κ3) is 5.31. The van der Waals surface area contributed by atoms with Crippen molar-refractivity contribution in [3.8, 4) is 0 Å². The number of thiophene rings is 1. The summed E-state index contributed by atoms with van der Waals surface area (Å²) in [5, 5.41) is 17.3. The topological polar surface area (TPSA) is 87.7 Å². The largest absolute Gasteiger partial charge is 0.481 e. The number of carboxylic acid groups (broad SMARTS) is 1. The van der Waals surface area contributed by atoms with Crippen LogP contribution in [-0.2, 0) is 16.1 Å². The molecule has 1 saturated carbocycles. The molecule has 1 amide bonds. The minimum Gasteiger partial charge on any atom is -0.481 e. The molecule has 1 aliphatic carbocycles. The highest BCUT2D eigenvalue weighted by Crippen LogP contribution is 2.28. The molecule has 1 aliphatic rings. The molecular formula is C19H22N2O4S. The van der Waals surface area contributed by atoms with Crippen LogP contribution in [0.3, 0.4) is 0 Å². The van der Waals surface area contributed by atoms with E-state index in [1.807, 2.05) is 47.8 Å². The van der Waals surface area contributed by atoms with Crippen LogP contribution in [0.4, 0.5) is 4.79 Å². The maximum Gasteiger partial charge on any atom is 0.407 e. The summed E-state index contributed by atoms with van der Waals surface area (Å²) in [5.74, 6) is -0.825. The van der Waals surface area contributed by atoms with E-state index in [1.165, 1.54) is 0 Å². The van der Waals surface area contributed by atoms with Crippen molar-refractivity contribution in [1.82, 2.24) is 10.6 Å². The quantitative estimate of drug-likeness (QED) is 0.660. The Hall–Kier alpha value is -2.38. The third-order valence-corrected chi connectivity index (χ3v) is 5.36. The first-order valence-electron chi connectivity index (χ1n) is 8.58. The van der Waals surface area contributed by atoms with Gasteiger partial charge in [0.05, 0.1) is 12.5 Å². The number of alkyl carbamates (subject to hydrolysis) is 1. The highest BCUT2D eigenvalue weighted by atomic mass is 32.1. The normalized spacial score (nSPS) is 20.0. The van der Waals surface area contributed by atoms with Gasteiger partial charge in [-0.15, -0.1) is 11.3 Å². The Balaban J connectivity index is 1.39. The van der Waals surface area contributed by atoms with E-state index >= 15 is 0 Å². The summed E-state index contributed by atoms with van der Waals surface area (Å²) in [7, 11) is 0. The molecule has 3 N–H and O–H groups in total. The summed E-state index contributed by atoms with van der Waals surface area (Å²) in [6.45, 7) is 0.250. The Labute approximate surface area is 156 Å². The molecule has 3 rings (SSSR count). The molecule has 0 spiro atoms. The Morgan fingerprint density at radius 1 is 1.15 bits per heavy atom. The number of carbonyl (C=O) groups is 2. The lowest BCUT2D eigenvalue weighted by Gasteiger charge is -2.38. The molecule has 26 heavy (non-hydrogen) atoms. The summed E-state index contributed by atoms with van der Waals surface area (Å²) in [4.78, 5) is 24.0. The van der Waals surface area contributed by atoms with E-state index in [9.17, 15) is 9.59 Å². The molecule has 0 saturated heterocycles. The summed E-state index contributed by atoms with van der Waals surface area (Å²) >= 11 is 1.55. The Morgan fingerprint density at radius 2 is 1.92 bits per heavy atom. The van der Waals surface area contributed by atoms with Crippen molar-refractivity contribution < 1.29 is 19.4 Å². The smallest absolute Gasteiger partial charge is 0.407 e. The lowest BCUT2D eigenvalue weighted by atomic mass is 9.86. The lowest BCUT2D eigenvalue weighted by molar-refractivity contribution is -0.137. The van der Waals surface area contributed by atoms with Gasteiger partial charge in [-0.2, -0.15) is 0 Å². The van der Waals surface area contributed by atoms with E-state index in [1.54, 1.807) is 11.3 Å². The number of benzene rings is 1. The van der Waals surface area contributed by atoms with Gasteiger partial charge in [0.25, 0.3) is 0 Å². The van der Waals surface area contributed by atoms with Crippen molar-refractivity contribution in [3.63, 3.8) is 0 Å². The highest BCUT2D eigenvalue weighted by Gasteiger charge is 2.33. The second-order valence-corrected chi connectivity index (χ2v) is 7.38. The zero-order valence-corrected chi connectivity index (χ0v) is 15.1. The molecular weight excluding hydrogens is 352 g/mol. The molecule has 0 aliphatic heterocycles. The van der Waals surface area contributed by atoms with E-state index in [0.29, 0.717) is 0 Å². The second kappa shape index (κ2) is 8.82. The van der Waals surface area contributed by atoms with Gasteiger partial charge in [0.2, 0.25) is 0 Å². The molecule has 1 heterocycles. The highest BCUT2D eigenvalue weighted by molar-refractivity contribution is 7.10. The van der Waals surface area contributed by atoms with Gasteiger partial charge in [-0.25, -0.2) is 4.79 Å². The fourth-order valence-corrected chi connectivity index (χ4v) is 3.78. The van der Waals surface area contributed by atoms with Crippen LogP contribution in [0.25, 0.3) is 0 Å². The van der Waals surface area contributed by atoms with Crippen molar-refractivity contribution in [1.29, 1.82) is 0 Å². The van der Waals surface area contributed by atoms with E-state index in [-0.39, 0.29) is 31.2 Å². The van der Waals surface area contributed by atoms with Gasteiger partial charge >= 0.3 is 12.1 Å². The fourth-order valence-electron chi connectivity index (χ4n) is 2.99. The van der Waals surface area contributed by atoms with E-state index in [2.05, 4.69) is 10.6 Å². The lowest BCUT2D eigenvalue weighted by Crippen LogP contribution is -2.53. The molecule has 1 fully saturated rings. The number of carbonyl (C=O) groups excluding carboxylic acids is 1. The maximum absolute atomic E-state index is 11.9. The van der Waals surface area contributed by atoms with Crippen molar-refractivity contribution >= 4 is 23.4 Å². The van der Waals surface area contributed by atoms with Crippen molar-refractivity contribution in [3.05, 3.63) is 58.3 Å². The zero-order valence-electron chi connectivity index (χ0n) is 14.3. The standard InChI is InChI=1S/C19H22N2O4S/c22-18(23)11-16(17-7-4-8-26-17)20-14-9-15(10-14)21-19(24)25-12-13-5-2-1-3-6-13/h1-8,14-16,20H,9-12H2,(H,21,24)(H,22,23). The van der Waals surface area contributed by atoms with Crippen LogP contribution in [0.2, 0.25) is 0 Å². The van der Waals surface area contributed by atoms with Gasteiger partial charge in [-0.3, -0.25) is 4.79 Å². The van der Waals surface area contributed by atoms with Crippen LogP contribution in [0.5, 0.6) is 0 Å². The number of aliphatic carboxylic acids is 1. The maximum atomic E-state index is 11.9. The van der Waals surface area contributed by atoms with Gasteiger partial charge < -0.3 is 20.5 Å². The first-order valence-corrected chi connectivity index (χ1v) is 9.46. The second-order valence-electron chi connectivity index (χ2n) is 6.40. The van der Waals surface area contributed by atoms with Crippen molar-refractivity contribution in [2.75, 3.05) is 0 Å².